The number of carbonyl (C=O) groups is 4. The minimum absolute atomic E-state index is 0.0566. The molecule has 0 aromatic rings. The van der Waals surface area contributed by atoms with Crippen LogP contribution in [0.1, 0.15) is 65.2 Å². The molecule has 0 atom stereocenters. The fourth-order valence-electron chi connectivity index (χ4n) is 4.03. The van der Waals surface area contributed by atoms with E-state index in [1.807, 2.05) is 0 Å². The van der Waals surface area contributed by atoms with Gasteiger partial charge in [0.15, 0.2) is 0 Å². The summed E-state index contributed by atoms with van der Waals surface area (Å²) < 4.78 is 0. The molecule has 8 heteroatoms. The predicted octanol–water partition coefficient (Wildman–Crippen LogP) is 1.30. The maximum absolute atomic E-state index is 12.6. The Morgan fingerprint density at radius 3 is 1.30 bits per heavy atom. The number of nitrogens with zero attached hydrogens (tertiary/aromatic N) is 2. The number of carbonyl (C=O) groups excluding carboxylic acids is 4. The van der Waals surface area contributed by atoms with Crippen molar-refractivity contribution in [3.05, 3.63) is 0 Å². The summed E-state index contributed by atoms with van der Waals surface area (Å²) in [7, 11) is 0. The van der Waals surface area contributed by atoms with E-state index in [4.69, 9.17) is 0 Å². The molecule has 0 aromatic heterocycles. The monoisotopic (exact) mass is 422 g/mol. The average Bonchev–Trinajstić information content (AvgIpc) is 2.78. The van der Waals surface area contributed by atoms with Crippen molar-refractivity contribution in [1.29, 1.82) is 0 Å². The van der Waals surface area contributed by atoms with Gasteiger partial charge in [-0.1, -0.05) is 26.7 Å². The lowest BCUT2D eigenvalue weighted by molar-refractivity contribution is -0.154. The van der Waals surface area contributed by atoms with E-state index < -0.39 is 11.8 Å². The quantitative estimate of drug-likeness (QED) is 0.455. The fraction of sp³-hybridized carbons (Fsp3) is 0.818. The van der Waals surface area contributed by atoms with E-state index in [1.165, 1.54) is 0 Å². The van der Waals surface area contributed by atoms with Crippen LogP contribution >= 0.6 is 0 Å². The van der Waals surface area contributed by atoms with E-state index in [-0.39, 0.29) is 23.7 Å². The average molecular weight is 423 g/mol. The summed E-state index contributed by atoms with van der Waals surface area (Å²) in [5, 5.41) is 5.90. The Hall–Kier alpha value is -2.12. The summed E-state index contributed by atoms with van der Waals surface area (Å²) >= 11 is 0. The zero-order valence-corrected chi connectivity index (χ0v) is 18.6. The molecule has 2 rings (SSSR count). The van der Waals surface area contributed by atoms with Crippen molar-refractivity contribution in [3.63, 3.8) is 0 Å². The van der Waals surface area contributed by atoms with Gasteiger partial charge in [0.2, 0.25) is 11.8 Å². The third-order valence-corrected chi connectivity index (χ3v) is 6.15. The summed E-state index contributed by atoms with van der Waals surface area (Å²) in [4.78, 5) is 52.8. The number of hydrogen-bond acceptors (Lipinski definition) is 4. The van der Waals surface area contributed by atoms with Gasteiger partial charge in [-0.3, -0.25) is 19.2 Å². The van der Waals surface area contributed by atoms with E-state index >= 15 is 0 Å². The van der Waals surface area contributed by atoms with Gasteiger partial charge in [0, 0.05) is 51.1 Å². The van der Waals surface area contributed by atoms with Crippen molar-refractivity contribution in [1.82, 2.24) is 20.4 Å². The first-order valence-corrected chi connectivity index (χ1v) is 11.6. The van der Waals surface area contributed by atoms with Gasteiger partial charge in [-0.25, -0.2) is 0 Å². The van der Waals surface area contributed by atoms with Crippen LogP contribution in [-0.4, -0.2) is 72.7 Å². The normalized spacial score (nSPS) is 18.2. The number of hydrogen-bond donors (Lipinski definition) is 2. The molecular formula is C22H38N4O4. The second-order valence-corrected chi connectivity index (χ2v) is 8.42. The van der Waals surface area contributed by atoms with Gasteiger partial charge in [0.05, 0.1) is 0 Å². The number of nitrogens with one attached hydrogen (secondary N) is 2. The predicted molar refractivity (Wildman–Crippen MR) is 114 cm³/mol. The van der Waals surface area contributed by atoms with Crippen molar-refractivity contribution < 1.29 is 19.2 Å². The highest BCUT2D eigenvalue weighted by Crippen LogP contribution is 2.20. The molecule has 4 amide bonds. The Morgan fingerprint density at radius 1 is 0.667 bits per heavy atom. The molecule has 2 heterocycles. The number of unbranched alkanes of at least 4 members (excludes halogenated alkanes) is 2. The molecule has 2 fully saturated rings. The van der Waals surface area contributed by atoms with Crippen molar-refractivity contribution in [2.24, 2.45) is 11.8 Å². The van der Waals surface area contributed by atoms with E-state index in [9.17, 15) is 19.2 Å². The summed E-state index contributed by atoms with van der Waals surface area (Å²) in [5.41, 5.74) is 0. The lowest BCUT2D eigenvalue weighted by atomic mass is 9.95. The molecule has 2 aliphatic heterocycles. The molecule has 30 heavy (non-hydrogen) atoms. The Balaban J connectivity index is 1.72. The van der Waals surface area contributed by atoms with Crippen LogP contribution in [0.3, 0.4) is 0 Å². The van der Waals surface area contributed by atoms with Crippen LogP contribution in [0.15, 0.2) is 0 Å². The molecule has 0 spiro atoms. The molecule has 0 bridgehead atoms. The summed E-state index contributed by atoms with van der Waals surface area (Å²) in [6.07, 6.45) is 6.39. The van der Waals surface area contributed by atoms with E-state index in [0.29, 0.717) is 65.0 Å². The molecule has 2 N–H and O–H groups in total. The summed E-state index contributed by atoms with van der Waals surface area (Å²) in [5.74, 6) is -1.01. The number of rotatable bonds is 8. The van der Waals surface area contributed by atoms with Crippen LogP contribution < -0.4 is 10.6 Å². The van der Waals surface area contributed by atoms with Crippen molar-refractivity contribution in [3.8, 4) is 0 Å². The second-order valence-electron chi connectivity index (χ2n) is 8.42. The third-order valence-electron chi connectivity index (χ3n) is 6.15. The number of likely N-dealkylation sites (tertiary alicyclic amines) is 2. The Labute approximate surface area is 180 Å². The third kappa shape index (κ3) is 6.99. The van der Waals surface area contributed by atoms with Gasteiger partial charge < -0.3 is 20.4 Å². The zero-order valence-electron chi connectivity index (χ0n) is 18.6. The summed E-state index contributed by atoms with van der Waals surface area (Å²) in [6.45, 7) is 7.30. The van der Waals surface area contributed by atoms with E-state index in [2.05, 4.69) is 24.5 Å². The van der Waals surface area contributed by atoms with E-state index in [0.717, 1.165) is 25.7 Å². The van der Waals surface area contributed by atoms with Gasteiger partial charge >= 0.3 is 11.8 Å². The minimum Gasteiger partial charge on any atom is -0.356 e. The van der Waals surface area contributed by atoms with Crippen molar-refractivity contribution in [2.75, 3.05) is 39.3 Å². The Morgan fingerprint density at radius 2 is 1.00 bits per heavy atom. The molecular weight excluding hydrogens is 384 g/mol. The molecule has 2 aliphatic rings. The standard InChI is InChI=1S/C22H38N4O4/c1-3-5-11-23-19(27)17-7-13-25(14-8-17)21(29)22(30)26-15-9-18(10-16-26)20(28)24-12-6-4-2/h17-18H,3-16H2,1-2H3,(H,23,27)(H,24,28). The topological polar surface area (TPSA) is 98.8 Å². The van der Waals surface area contributed by atoms with E-state index in [1.54, 1.807) is 9.80 Å². The first-order valence-electron chi connectivity index (χ1n) is 11.6. The van der Waals surface area contributed by atoms with Gasteiger partial charge in [-0.15, -0.1) is 0 Å². The minimum atomic E-state index is -0.481. The van der Waals surface area contributed by atoms with Crippen molar-refractivity contribution in [2.45, 2.75) is 65.2 Å². The second kappa shape index (κ2) is 12.5. The lowest BCUT2D eigenvalue weighted by Crippen LogP contribution is -2.51. The molecule has 0 aromatic carbocycles. The Bertz CT molecular complexity index is 542. The van der Waals surface area contributed by atoms with Crippen LogP contribution in [0.25, 0.3) is 0 Å². The number of piperidine rings is 2. The van der Waals surface area contributed by atoms with Crippen LogP contribution in [0, 0.1) is 11.8 Å². The SMILES string of the molecule is CCCCNC(=O)C1CCN(C(=O)C(=O)N2CCC(C(=O)NCCCC)CC2)CC1. The molecule has 0 unspecified atom stereocenters. The highest BCUT2D eigenvalue weighted by atomic mass is 16.2. The molecule has 2 saturated heterocycles. The molecule has 0 aliphatic carbocycles. The smallest absolute Gasteiger partial charge is 0.312 e. The fourth-order valence-corrected chi connectivity index (χ4v) is 4.03. The first-order chi connectivity index (χ1) is 14.5. The number of amides is 4. The molecule has 0 saturated carbocycles. The highest BCUT2D eigenvalue weighted by Gasteiger charge is 2.34. The van der Waals surface area contributed by atoms with Gasteiger partial charge in [0.25, 0.3) is 0 Å². The molecule has 0 radical (unpaired) electrons. The maximum atomic E-state index is 12.6. The molecule has 170 valence electrons. The van der Waals surface area contributed by atoms with Gasteiger partial charge in [-0.2, -0.15) is 0 Å². The maximum Gasteiger partial charge on any atom is 0.312 e. The zero-order chi connectivity index (χ0) is 21.9. The van der Waals surface area contributed by atoms with Crippen LogP contribution in [0.2, 0.25) is 0 Å². The van der Waals surface area contributed by atoms with Gasteiger partial charge in [0.1, 0.15) is 0 Å². The van der Waals surface area contributed by atoms with Crippen LogP contribution in [0.4, 0.5) is 0 Å². The van der Waals surface area contributed by atoms with Crippen LogP contribution in [-0.2, 0) is 19.2 Å². The largest absolute Gasteiger partial charge is 0.356 e. The van der Waals surface area contributed by atoms with Crippen molar-refractivity contribution >= 4 is 23.6 Å². The highest BCUT2D eigenvalue weighted by molar-refractivity contribution is 6.34. The molecule has 8 nitrogen and oxygen atoms in total. The lowest BCUT2D eigenvalue weighted by Gasteiger charge is -2.34. The summed E-state index contributed by atoms with van der Waals surface area (Å²) in [6, 6.07) is 0. The van der Waals surface area contributed by atoms with Gasteiger partial charge in [-0.05, 0) is 38.5 Å². The van der Waals surface area contributed by atoms with Crippen LogP contribution in [0.5, 0.6) is 0 Å². The first kappa shape index (κ1) is 24.2. The Kier molecular flexibility index (Phi) is 10.1.